The number of hydrogen-bond acceptors (Lipinski definition) is 6. The predicted octanol–water partition coefficient (Wildman–Crippen LogP) is 3.97. The number of nitrogens with zero attached hydrogens (tertiary/aromatic N) is 5. The molecule has 2 aromatic heterocycles. The van der Waals surface area contributed by atoms with Crippen molar-refractivity contribution in [3.05, 3.63) is 52.3 Å². The number of amides is 1. The van der Waals surface area contributed by atoms with Crippen molar-refractivity contribution in [3.8, 4) is 0 Å². The second-order valence-electron chi connectivity index (χ2n) is 8.51. The van der Waals surface area contributed by atoms with E-state index in [4.69, 9.17) is 0 Å². The highest BCUT2D eigenvalue weighted by Crippen LogP contribution is 2.20. The first-order valence-electron chi connectivity index (χ1n) is 11.8. The minimum Gasteiger partial charge on any atom is -0.354 e. The van der Waals surface area contributed by atoms with Crippen LogP contribution in [0.3, 0.4) is 0 Å². The second kappa shape index (κ2) is 12.1. The van der Waals surface area contributed by atoms with E-state index < -0.39 is 0 Å². The molecule has 0 bridgehead atoms. The zero-order valence-electron chi connectivity index (χ0n) is 20.5. The Morgan fingerprint density at radius 2 is 1.73 bits per heavy atom. The fourth-order valence-electron chi connectivity index (χ4n) is 3.92. The molecule has 1 amide bonds. The lowest BCUT2D eigenvalue weighted by atomic mass is 10.0. The Bertz CT molecular complexity index is 1060. The van der Waals surface area contributed by atoms with Gasteiger partial charge in [0.2, 0.25) is 11.1 Å². The van der Waals surface area contributed by atoms with Gasteiger partial charge in [-0.1, -0.05) is 55.4 Å². The highest BCUT2D eigenvalue weighted by molar-refractivity contribution is 7.99. The van der Waals surface area contributed by atoms with Gasteiger partial charge in [-0.25, -0.2) is 9.50 Å². The lowest BCUT2D eigenvalue weighted by Gasteiger charge is -2.20. The molecule has 178 valence electrons. The van der Waals surface area contributed by atoms with Crippen LogP contribution < -0.4 is 5.32 Å². The highest BCUT2D eigenvalue weighted by atomic mass is 32.2. The third-order valence-electron chi connectivity index (χ3n) is 5.69. The predicted molar refractivity (Wildman–Crippen MR) is 135 cm³/mol. The number of fused-ring (bicyclic) bond motifs is 1. The maximum absolute atomic E-state index is 12.3. The summed E-state index contributed by atoms with van der Waals surface area (Å²) in [5.41, 5.74) is 5.66. The first kappa shape index (κ1) is 25.2. The van der Waals surface area contributed by atoms with Crippen LogP contribution in [0.4, 0.5) is 0 Å². The van der Waals surface area contributed by atoms with Gasteiger partial charge in [-0.3, -0.25) is 4.79 Å². The molecule has 0 saturated carbocycles. The van der Waals surface area contributed by atoms with E-state index in [0.717, 1.165) is 55.8 Å². The third kappa shape index (κ3) is 7.01. The molecule has 0 aliphatic rings. The molecular formula is C25H36N6OS. The molecule has 33 heavy (non-hydrogen) atoms. The standard InChI is InChI=1S/C25H36N6OS/c1-6-13-30(14-7-2)15-12-26-23(32)17-33-25-28-24-27-19(4)22(20(5)31(24)29-25)16-21-10-8-18(3)9-11-21/h8-11H,6-7,12-17H2,1-5H3,(H,26,32). The number of aromatic nitrogens is 4. The van der Waals surface area contributed by atoms with Gasteiger partial charge < -0.3 is 10.2 Å². The summed E-state index contributed by atoms with van der Waals surface area (Å²) >= 11 is 1.35. The van der Waals surface area contributed by atoms with Crippen molar-refractivity contribution in [1.82, 2.24) is 29.8 Å². The van der Waals surface area contributed by atoms with E-state index in [1.54, 1.807) is 4.52 Å². The van der Waals surface area contributed by atoms with Gasteiger partial charge in [0.15, 0.2) is 0 Å². The largest absolute Gasteiger partial charge is 0.354 e. The summed E-state index contributed by atoms with van der Waals surface area (Å²) in [6, 6.07) is 8.57. The Balaban J connectivity index is 1.60. The summed E-state index contributed by atoms with van der Waals surface area (Å²) < 4.78 is 1.80. The molecule has 2 heterocycles. The van der Waals surface area contributed by atoms with Crippen molar-refractivity contribution >= 4 is 23.4 Å². The van der Waals surface area contributed by atoms with Crippen LogP contribution in [0.5, 0.6) is 0 Å². The second-order valence-corrected chi connectivity index (χ2v) is 9.45. The molecule has 0 radical (unpaired) electrons. The summed E-state index contributed by atoms with van der Waals surface area (Å²) in [5.74, 6) is 0.884. The normalized spacial score (nSPS) is 11.5. The zero-order chi connectivity index (χ0) is 23.8. The Morgan fingerprint density at radius 3 is 2.39 bits per heavy atom. The summed E-state index contributed by atoms with van der Waals surface area (Å²) in [4.78, 5) is 23.9. The maximum atomic E-state index is 12.3. The van der Waals surface area contributed by atoms with E-state index in [0.29, 0.717) is 23.2 Å². The average molecular weight is 469 g/mol. The van der Waals surface area contributed by atoms with Crippen molar-refractivity contribution in [1.29, 1.82) is 0 Å². The first-order chi connectivity index (χ1) is 15.9. The summed E-state index contributed by atoms with van der Waals surface area (Å²) in [6.45, 7) is 14.2. The van der Waals surface area contributed by atoms with Crippen LogP contribution in [0.15, 0.2) is 29.4 Å². The molecule has 0 saturated heterocycles. The van der Waals surface area contributed by atoms with Crippen molar-refractivity contribution in [2.75, 3.05) is 31.9 Å². The smallest absolute Gasteiger partial charge is 0.253 e. The molecule has 0 unspecified atom stereocenters. The molecule has 0 atom stereocenters. The van der Waals surface area contributed by atoms with Gasteiger partial charge in [0.05, 0.1) is 5.75 Å². The van der Waals surface area contributed by atoms with Gasteiger partial charge in [0.1, 0.15) is 0 Å². The third-order valence-corrected chi connectivity index (χ3v) is 6.53. The lowest BCUT2D eigenvalue weighted by Crippen LogP contribution is -2.36. The first-order valence-corrected chi connectivity index (χ1v) is 12.8. The Morgan fingerprint density at radius 1 is 1.03 bits per heavy atom. The Labute approximate surface area is 201 Å². The topological polar surface area (TPSA) is 75.4 Å². The van der Waals surface area contributed by atoms with Crippen LogP contribution in [-0.2, 0) is 11.2 Å². The monoisotopic (exact) mass is 468 g/mol. The molecule has 0 spiro atoms. The highest BCUT2D eigenvalue weighted by Gasteiger charge is 2.15. The van der Waals surface area contributed by atoms with Crippen LogP contribution in [0.1, 0.15) is 54.8 Å². The minimum atomic E-state index is 0.00715. The van der Waals surface area contributed by atoms with Gasteiger partial charge in [-0.15, -0.1) is 5.10 Å². The van der Waals surface area contributed by atoms with Crippen molar-refractivity contribution in [3.63, 3.8) is 0 Å². The van der Waals surface area contributed by atoms with Gasteiger partial charge in [0, 0.05) is 30.9 Å². The number of rotatable bonds is 12. The average Bonchev–Trinajstić information content (AvgIpc) is 3.20. The van der Waals surface area contributed by atoms with E-state index in [2.05, 4.69) is 77.2 Å². The summed E-state index contributed by atoms with van der Waals surface area (Å²) in [6.07, 6.45) is 3.06. The Hall–Kier alpha value is -2.45. The molecule has 3 aromatic rings. The zero-order valence-corrected chi connectivity index (χ0v) is 21.3. The molecular weight excluding hydrogens is 432 g/mol. The van der Waals surface area contributed by atoms with Gasteiger partial charge in [-0.05, 0) is 57.8 Å². The lowest BCUT2D eigenvalue weighted by molar-refractivity contribution is -0.118. The fraction of sp³-hybridized carbons (Fsp3) is 0.520. The summed E-state index contributed by atoms with van der Waals surface area (Å²) in [5, 5.41) is 8.21. The minimum absolute atomic E-state index is 0.00715. The van der Waals surface area contributed by atoms with Crippen LogP contribution >= 0.6 is 11.8 Å². The van der Waals surface area contributed by atoms with Crippen molar-refractivity contribution in [2.24, 2.45) is 0 Å². The van der Waals surface area contributed by atoms with Crippen LogP contribution in [0.2, 0.25) is 0 Å². The van der Waals surface area contributed by atoms with Gasteiger partial charge >= 0.3 is 0 Å². The number of carbonyl (C=O) groups is 1. The number of nitrogens with one attached hydrogen (secondary N) is 1. The van der Waals surface area contributed by atoms with Crippen molar-refractivity contribution < 1.29 is 4.79 Å². The molecule has 3 rings (SSSR count). The van der Waals surface area contributed by atoms with Crippen LogP contribution in [0.25, 0.3) is 5.78 Å². The van der Waals surface area contributed by atoms with E-state index >= 15 is 0 Å². The van der Waals surface area contributed by atoms with E-state index in [9.17, 15) is 4.79 Å². The van der Waals surface area contributed by atoms with Crippen LogP contribution in [-0.4, -0.2) is 62.3 Å². The van der Waals surface area contributed by atoms with E-state index in [-0.39, 0.29) is 5.91 Å². The maximum Gasteiger partial charge on any atom is 0.253 e. The number of carbonyl (C=O) groups excluding carboxylic acids is 1. The van der Waals surface area contributed by atoms with Crippen LogP contribution in [0, 0.1) is 20.8 Å². The number of aryl methyl sites for hydroxylation is 3. The van der Waals surface area contributed by atoms with E-state index in [1.807, 2.05) is 6.92 Å². The number of thioether (sulfide) groups is 1. The fourth-order valence-corrected chi connectivity index (χ4v) is 4.57. The number of hydrogen-bond donors (Lipinski definition) is 1. The van der Waals surface area contributed by atoms with Gasteiger partial charge in [-0.2, -0.15) is 4.98 Å². The molecule has 7 nitrogen and oxygen atoms in total. The molecule has 1 aromatic carbocycles. The molecule has 1 N–H and O–H groups in total. The molecule has 0 aliphatic heterocycles. The van der Waals surface area contributed by atoms with E-state index in [1.165, 1.54) is 22.9 Å². The molecule has 0 fully saturated rings. The number of benzene rings is 1. The Kier molecular flexibility index (Phi) is 9.26. The SMILES string of the molecule is CCCN(CCC)CCNC(=O)CSc1nc2nc(C)c(Cc3ccc(C)cc3)c(C)n2n1. The molecule has 0 aliphatic carbocycles. The quantitative estimate of drug-likeness (QED) is 0.406. The van der Waals surface area contributed by atoms with Crippen molar-refractivity contribution in [2.45, 2.75) is 59.0 Å². The van der Waals surface area contributed by atoms with Gasteiger partial charge in [0.25, 0.3) is 5.78 Å². The summed E-state index contributed by atoms with van der Waals surface area (Å²) in [7, 11) is 0. The molecule has 8 heteroatoms.